The molecule has 1 heterocycles. The van der Waals surface area contributed by atoms with Crippen molar-refractivity contribution < 1.29 is 8.42 Å². The lowest BCUT2D eigenvalue weighted by molar-refractivity contribution is 0.275. The molecule has 0 amide bonds. The molecule has 1 aromatic heterocycles. The molecular weight excluding hydrogens is 352 g/mol. The second-order valence-corrected chi connectivity index (χ2v) is 8.85. The van der Waals surface area contributed by atoms with Crippen molar-refractivity contribution in [2.24, 2.45) is 5.92 Å². The summed E-state index contributed by atoms with van der Waals surface area (Å²) in [6.07, 6.45) is 3.75. The Labute approximate surface area is 133 Å². The summed E-state index contributed by atoms with van der Waals surface area (Å²) < 4.78 is 27.0. The molecule has 0 saturated heterocycles. The van der Waals surface area contributed by atoms with Crippen LogP contribution in [-0.2, 0) is 10.0 Å². The molecule has 0 radical (unpaired) electrons. The lowest BCUT2D eigenvalue weighted by Crippen LogP contribution is -2.37. The van der Waals surface area contributed by atoms with Crippen molar-refractivity contribution in [2.45, 2.75) is 22.6 Å². The Morgan fingerprint density at radius 2 is 2.05 bits per heavy atom. The number of rotatable bonds is 4. The number of aromatic nitrogens is 1. The summed E-state index contributed by atoms with van der Waals surface area (Å²) in [6.45, 7) is 0.571. The molecule has 1 aliphatic carbocycles. The molecule has 2 aromatic rings. The third kappa shape index (κ3) is 2.84. The van der Waals surface area contributed by atoms with E-state index in [0.717, 1.165) is 12.8 Å². The van der Waals surface area contributed by atoms with Gasteiger partial charge in [-0.1, -0.05) is 22.0 Å². The molecule has 0 bridgehead atoms. The van der Waals surface area contributed by atoms with Crippen LogP contribution in [0.3, 0.4) is 0 Å². The molecule has 0 aliphatic heterocycles. The standard InChI is InChI=1S/C15H17BrN2O2S/c1-18(10-11-8-12(16)9-11)21(19,20)15-6-2-5-14-13(15)4-3-7-17-14/h2-7,11-12H,8-10H2,1H3. The average molecular weight is 369 g/mol. The average Bonchev–Trinajstić information content (AvgIpc) is 2.44. The molecule has 0 spiro atoms. The van der Waals surface area contributed by atoms with Crippen molar-refractivity contribution in [3.8, 4) is 0 Å². The first-order valence-corrected chi connectivity index (χ1v) is 9.28. The second kappa shape index (κ2) is 5.66. The Hall–Kier alpha value is -0.980. The quantitative estimate of drug-likeness (QED) is 0.779. The number of hydrogen-bond acceptors (Lipinski definition) is 3. The van der Waals surface area contributed by atoms with Crippen LogP contribution in [0.2, 0.25) is 0 Å². The predicted octanol–water partition coefficient (Wildman–Crippen LogP) is 3.03. The highest BCUT2D eigenvalue weighted by molar-refractivity contribution is 9.09. The summed E-state index contributed by atoms with van der Waals surface area (Å²) >= 11 is 3.54. The molecule has 112 valence electrons. The van der Waals surface area contributed by atoms with Gasteiger partial charge in [0.05, 0.1) is 10.4 Å². The molecule has 1 fully saturated rings. The molecule has 1 saturated carbocycles. The number of nitrogens with zero attached hydrogens (tertiary/aromatic N) is 2. The van der Waals surface area contributed by atoms with Crippen LogP contribution in [-0.4, -0.2) is 36.1 Å². The highest BCUT2D eigenvalue weighted by Gasteiger charge is 2.32. The highest BCUT2D eigenvalue weighted by Crippen LogP contribution is 2.34. The van der Waals surface area contributed by atoms with Gasteiger partial charge in [-0.3, -0.25) is 4.98 Å². The lowest BCUT2D eigenvalue weighted by Gasteiger charge is -2.34. The van der Waals surface area contributed by atoms with Gasteiger partial charge >= 0.3 is 0 Å². The van der Waals surface area contributed by atoms with E-state index < -0.39 is 10.0 Å². The first kappa shape index (κ1) is 14.9. The second-order valence-electron chi connectivity index (χ2n) is 5.55. The van der Waals surface area contributed by atoms with Crippen molar-refractivity contribution in [3.63, 3.8) is 0 Å². The van der Waals surface area contributed by atoms with Gasteiger partial charge in [-0.05, 0) is 43.0 Å². The van der Waals surface area contributed by atoms with Crippen molar-refractivity contribution in [1.29, 1.82) is 0 Å². The molecule has 0 N–H and O–H groups in total. The van der Waals surface area contributed by atoms with E-state index in [2.05, 4.69) is 20.9 Å². The van der Waals surface area contributed by atoms with Crippen LogP contribution < -0.4 is 0 Å². The molecule has 0 atom stereocenters. The summed E-state index contributed by atoms with van der Waals surface area (Å²) in [6, 6.07) is 8.80. The smallest absolute Gasteiger partial charge is 0.243 e. The van der Waals surface area contributed by atoms with E-state index in [1.54, 1.807) is 37.5 Å². The van der Waals surface area contributed by atoms with E-state index in [9.17, 15) is 8.42 Å². The fraction of sp³-hybridized carbons (Fsp3) is 0.400. The van der Waals surface area contributed by atoms with Gasteiger partial charge in [-0.2, -0.15) is 0 Å². The predicted molar refractivity (Wildman–Crippen MR) is 87.0 cm³/mol. The van der Waals surface area contributed by atoms with E-state index >= 15 is 0 Å². The van der Waals surface area contributed by atoms with Crippen molar-refractivity contribution >= 4 is 36.9 Å². The number of hydrogen-bond donors (Lipinski definition) is 0. The SMILES string of the molecule is CN(CC1CC(Br)C1)S(=O)(=O)c1cccc2ncccc12. The normalized spacial score (nSPS) is 22.4. The van der Waals surface area contributed by atoms with Crippen LogP contribution in [0.15, 0.2) is 41.4 Å². The minimum atomic E-state index is -3.48. The van der Waals surface area contributed by atoms with Crippen LogP contribution in [0, 0.1) is 5.92 Å². The minimum absolute atomic E-state index is 0.338. The Bertz CT molecular complexity index is 752. The van der Waals surface area contributed by atoms with Gasteiger partial charge in [-0.15, -0.1) is 0 Å². The number of alkyl halides is 1. The van der Waals surface area contributed by atoms with E-state index in [1.165, 1.54) is 4.31 Å². The number of pyridine rings is 1. The molecule has 1 aromatic carbocycles. The molecular formula is C15H17BrN2O2S. The first-order chi connectivity index (χ1) is 9.98. The number of benzene rings is 1. The topological polar surface area (TPSA) is 50.3 Å². The molecule has 21 heavy (non-hydrogen) atoms. The van der Waals surface area contributed by atoms with Crippen LogP contribution in [0.25, 0.3) is 10.9 Å². The Balaban J connectivity index is 1.92. The largest absolute Gasteiger partial charge is 0.256 e. The zero-order valence-electron chi connectivity index (χ0n) is 11.7. The number of halogens is 1. The zero-order chi connectivity index (χ0) is 15.0. The summed E-state index contributed by atoms with van der Waals surface area (Å²) in [5, 5.41) is 0.679. The third-order valence-electron chi connectivity index (χ3n) is 3.99. The van der Waals surface area contributed by atoms with Crippen molar-refractivity contribution in [2.75, 3.05) is 13.6 Å². The van der Waals surface area contributed by atoms with Crippen molar-refractivity contribution in [3.05, 3.63) is 36.5 Å². The molecule has 0 unspecified atom stereocenters. The van der Waals surface area contributed by atoms with Crippen LogP contribution >= 0.6 is 15.9 Å². The van der Waals surface area contributed by atoms with E-state index in [1.807, 2.05) is 6.07 Å². The summed E-state index contributed by atoms with van der Waals surface area (Å²) in [4.78, 5) is 5.10. The van der Waals surface area contributed by atoms with Crippen molar-refractivity contribution in [1.82, 2.24) is 9.29 Å². The lowest BCUT2D eigenvalue weighted by atomic mass is 9.85. The number of sulfonamides is 1. The van der Waals surface area contributed by atoms with Crippen LogP contribution in [0.1, 0.15) is 12.8 Å². The molecule has 3 rings (SSSR count). The summed E-state index contributed by atoms with van der Waals surface area (Å²) in [7, 11) is -1.82. The summed E-state index contributed by atoms with van der Waals surface area (Å²) in [5.74, 6) is 0.447. The maximum absolute atomic E-state index is 12.8. The number of fused-ring (bicyclic) bond motifs is 1. The van der Waals surface area contributed by atoms with Gasteiger partial charge in [0.25, 0.3) is 0 Å². The molecule has 1 aliphatic rings. The minimum Gasteiger partial charge on any atom is -0.256 e. The highest BCUT2D eigenvalue weighted by atomic mass is 79.9. The Kier molecular flexibility index (Phi) is 4.03. The monoisotopic (exact) mass is 368 g/mol. The van der Waals surface area contributed by atoms with E-state index in [-0.39, 0.29) is 0 Å². The van der Waals surface area contributed by atoms with Crippen LogP contribution in [0.4, 0.5) is 0 Å². The van der Waals surface area contributed by atoms with E-state index in [4.69, 9.17) is 0 Å². The summed E-state index contributed by atoms with van der Waals surface area (Å²) in [5.41, 5.74) is 0.705. The maximum atomic E-state index is 12.8. The Morgan fingerprint density at radius 3 is 2.76 bits per heavy atom. The van der Waals surface area contributed by atoms with Gasteiger partial charge in [0.15, 0.2) is 0 Å². The third-order valence-corrected chi connectivity index (χ3v) is 6.62. The first-order valence-electron chi connectivity index (χ1n) is 6.92. The molecule has 4 nitrogen and oxygen atoms in total. The maximum Gasteiger partial charge on any atom is 0.243 e. The Morgan fingerprint density at radius 1 is 1.29 bits per heavy atom. The van der Waals surface area contributed by atoms with Gasteiger partial charge < -0.3 is 0 Å². The van der Waals surface area contributed by atoms with Gasteiger partial charge in [-0.25, -0.2) is 12.7 Å². The molecule has 6 heteroatoms. The van der Waals surface area contributed by atoms with Gasteiger partial charge in [0.1, 0.15) is 0 Å². The van der Waals surface area contributed by atoms with Gasteiger partial charge in [0.2, 0.25) is 10.0 Å². The van der Waals surface area contributed by atoms with Gasteiger partial charge in [0, 0.05) is 30.0 Å². The fourth-order valence-corrected chi connectivity index (χ4v) is 5.23. The van der Waals surface area contributed by atoms with Crippen LogP contribution in [0.5, 0.6) is 0 Å². The van der Waals surface area contributed by atoms with E-state index in [0.29, 0.717) is 33.1 Å². The fourth-order valence-electron chi connectivity index (χ4n) is 2.73. The zero-order valence-corrected chi connectivity index (χ0v) is 14.1.